The van der Waals surface area contributed by atoms with Crippen LogP contribution in [0.5, 0.6) is 0 Å². The normalized spacial score (nSPS) is 25.8. The van der Waals surface area contributed by atoms with E-state index in [1.165, 1.54) is 0 Å². The van der Waals surface area contributed by atoms with Gasteiger partial charge in [0.25, 0.3) is 0 Å². The van der Waals surface area contributed by atoms with E-state index in [1.54, 1.807) is 16.0 Å². The van der Waals surface area contributed by atoms with Crippen molar-refractivity contribution in [1.82, 2.24) is 24.5 Å². The Hall–Kier alpha value is -2.09. The first-order valence-electron chi connectivity index (χ1n) is 9.07. The number of hydrogen-bond acceptors (Lipinski definition) is 4. The molecule has 1 unspecified atom stereocenters. The molecule has 3 amide bonds. The van der Waals surface area contributed by atoms with Gasteiger partial charge in [0.15, 0.2) is 0 Å². The summed E-state index contributed by atoms with van der Waals surface area (Å²) in [5.41, 5.74) is 0.880. The highest BCUT2D eigenvalue weighted by Crippen LogP contribution is 2.27. The van der Waals surface area contributed by atoms with Crippen LogP contribution < -0.4 is 4.90 Å². The molecule has 1 aromatic rings. The maximum absolute atomic E-state index is 12.1. The number of hydrogen-bond donors (Lipinski definition) is 0. The lowest BCUT2D eigenvalue weighted by atomic mass is 9.99. The highest BCUT2D eigenvalue weighted by Gasteiger charge is 2.34. The Kier molecular flexibility index (Phi) is 4.15. The maximum Gasteiger partial charge on any atom is 0.324 e. The van der Waals surface area contributed by atoms with Gasteiger partial charge in [-0.15, -0.1) is 0 Å². The zero-order valence-electron chi connectivity index (χ0n) is 15.0. The molecule has 4 heterocycles. The number of urea groups is 1. The van der Waals surface area contributed by atoms with Crippen LogP contribution in [0.25, 0.3) is 0 Å². The molecule has 3 aliphatic rings. The third-order valence-electron chi connectivity index (χ3n) is 5.77. The lowest BCUT2D eigenvalue weighted by molar-refractivity contribution is -0.135. The van der Waals surface area contributed by atoms with Crippen molar-refractivity contribution in [2.75, 3.05) is 51.7 Å². The zero-order chi connectivity index (χ0) is 17.6. The molecule has 3 aliphatic heterocycles. The number of nitrogens with zero attached hydrogens (tertiary/aromatic N) is 6. The number of amides is 3. The largest absolute Gasteiger partial charge is 0.341 e. The van der Waals surface area contributed by atoms with Crippen molar-refractivity contribution in [1.29, 1.82) is 0 Å². The summed E-state index contributed by atoms with van der Waals surface area (Å²) in [6.45, 7) is 4.33. The molecule has 8 nitrogen and oxygen atoms in total. The molecule has 0 bridgehead atoms. The molecular formula is C17H26N6O2. The predicted molar refractivity (Wildman–Crippen MR) is 93.5 cm³/mol. The molecule has 1 atom stereocenters. The van der Waals surface area contributed by atoms with Gasteiger partial charge in [-0.25, -0.2) is 4.79 Å². The molecule has 3 saturated heterocycles. The standard InChI is InChI=1S/C17H26N6O2/c1-19-6-7-22(17(19)25)14-8-18-23(12-14)15-10-21(11-15)9-13-4-3-5-16(24)20(13)2/h8,12-13,15H,3-7,9-11H2,1-2H3. The molecule has 0 spiro atoms. The second-order valence-electron chi connectivity index (χ2n) is 7.46. The van der Waals surface area contributed by atoms with Crippen LogP contribution in [0, 0.1) is 0 Å². The highest BCUT2D eigenvalue weighted by atomic mass is 16.2. The first-order chi connectivity index (χ1) is 12.0. The van der Waals surface area contributed by atoms with Crippen LogP contribution in [0.4, 0.5) is 10.5 Å². The van der Waals surface area contributed by atoms with Crippen LogP contribution in [0.1, 0.15) is 25.3 Å². The molecular weight excluding hydrogens is 320 g/mol. The lowest BCUT2D eigenvalue weighted by Crippen LogP contribution is -2.54. The van der Waals surface area contributed by atoms with E-state index in [4.69, 9.17) is 0 Å². The Morgan fingerprint density at radius 2 is 2.00 bits per heavy atom. The van der Waals surface area contributed by atoms with E-state index in [0.29, 0.717) is 18.5 Å². The summed E-state index contributed by atoms with van der Waals surface area (Å²) in [6.07, 6.45) is 6.56. The summed E-state index contributed by atoms with van der Waals surface area (Å²) < 4.78 is 1.98. The lowest BCUT2D eigenvalue weighted by Gasteiger charge is -2.43. The van der Waals surface area contributed by atoms with Crippen LogP contribution in [-0.2, 0) is 4.79 Å². The Morgan fingerprint density at radius 3 is 2.72 bits per heavy atom. The summed E-state index contributed by atoms with van der Waals surface area (Å²) in [5.74, 6) is 0.269. The number of likely N-dealkylation sites (tertiary alicyclic amines) is 2. The average Bonchev–Trinajstić information content (AvgIpc) is 3.14. The van der Waals surface area contributed by atoms with Crippen molar-refractivity contribution in [3.05, 3.63) is 12.4 Å². The summed E-state index contributed by atoms with van der Waals surface area (Å²) >= 11 is 0. The minimum Gasteiger partial charge on any atom is -0.341 e. The number of aromatic nitrogens is 2. The Morgan fingerprint density at radius 1 is 1.20 bits per heavy atom. The van der Waals surface area contributed by atoms with Gasteiger partial charge in [0.1, 0.15) is 0 Å². The number of carbonyl (C=O) groups is 2. The quantitative estimate of drug-likeness (QED) is 0.802. The number of rotatable bonds is 4. The van der Waals surface area contributed by atoms with Crippen LogP contribution >= 0.6 is 0 Å². The molecule has 8 heteroatoms. The number of carbonyl (C=O) groups excluding carboxylic acids is 2. The van der Waals surface area contributed by atoms with Gasteiger partial charge in [0.05, 0.1) is 17.9 Å². The van der Waals surface area contributed by atoms with E-state index >= 15 is 0 Å². The molecule has 3 fully saturated rings. The molecule has 0 aliphatic carbocycles. The third kappa shape index (κ3) is 2.99. The minimum atomic E-state index is 0.0415. The molecule has 136 valence electrons. The van der Waals surface area contributed by atoms with Crippen molar-refractivity contribution in [3.8, 4) is 0 Å². The molecule has 0 saturated carbocycles. The average molecular weight is 346 g/mol. The van der Waals surface area contributed by atoms with E-state index in [1.807, 2.05) is 29.9 Å². The second kappa shape index (κ2) is 6.33. The van der Waals surface area contributed by atoms with Crippen molar-refractivity contribution in [2.45, 2.75) is 31.3 Å². The summed E-state index contributed by atoms with van der Waals surface area (Å²) in [5, 5.41) is 4.46. The van der Waals surface area contributed by atoms with Gasteiger partial charge in [-0.1, -0.05) is 0 Å². The van der Waals surface area contributed by atoms with Crippen LogP contribution in [-0.4, -0.2) is 89.3 Å². The Bertz CT molecular complexity index is 668. The first-order valence-corrected chi connectivity index (χ1v) is 9.07. The van der Waals surface area contributed by atoms with Gasteiger partial charge in [-0.05, 0) is 12.8 Å². The van der Waals surface area contributed by atoms with Gasteiger partial charge >= 0.3 is 6.03 Å². The van der Waals surface area contributed by atoms with Gasteiger partial charge < -0.3 is 9.80 Å². The fourth-order valence-corrected chi connectivity index (χ4v) is 3.99. The van der Waals surface area contributed by atoms with Crippen LogP contribution in [0.15, 0.2) is 12.4 Å². The zero-order valence-corrected chi connectivity index (χ0v) is 15.0. The van der Waals surface area contributed by atoms with Gasteiger partial charge in [-0.3, -0.25) is 19.3 Å². The Labute approximate surface area is 147 Å². The number of piperidine rings is 1. The van der Waals surface area contributed by atoms with E-state index in [0.717, 1.165) is 51.3 Å². The fourth-order valence-electron chi connectivity index (χ4n) is 3.99. The molecule has 25 heavy (non-hydrogen) atoms. The van der Waals surface area contributed by atoms with Crippen LogP contribution in [0.3, 0.4) is 0 Å². The molecule has 4 rings (SSSR count). The summed E-state index contributed by atoms with van der Waals surface area (Å²) in [7, 11) is 3.75. The molecule has 0 aromatic carbocycles. The SMILES string of the molecule is CN1CCN(c2cnn(C3CN(CC4CCCC(=O)N4C)C3)c2)C1=O. The maximum atomic E-state index is 12.1. The second-order valence-corrected chi connectivity index (χ2v) is 7.46. The minimum absolute atomic E-state index is 0.0415. The summed E-state index contributed by atoms with van der Waals surface area (Å²) in [6, 6.07) is 0.738. The number of anilines is 1. The Balaban J connectivity index is 1.31. The van der Waals surface area contributed by atoms with Crippen molar-refractivity contribution in [2.24, 2.45) is 0 Å². The third-order valence-corrected chi connectivity index (χ3v) is 5.77. The van der Waals surface area contributed by atoms with Crippen molar-refractivity contribution in [3.63, 3.8) is 0 Å². The van der Waals surface area contributed by atoms with Gasteiger partial charge in [0, 0.05) is 65.5 Å². The summed E-state index contributed by atoms with van der Waals surface area (Å²) in [4.78, 5) is 31.7. The fraction of sp³-hybridized carbons (Fsp3) is 0.706. The molecule has 0 radical (unpaired) electrons. The van der Waals surface area contributed by atoms with E-state index in [2.05, 4.69) is 10.00 Å². The monoisotopic (exact) mass is 346 g/mol. The predicted octanol–water partition coefficient (Wildman–Crippen LogP) is 0.623. The van der Waals surface area contributed by atoms with E-state index in [9.17, 15) is 9.59 Å². The highest BCUT2D eigenvalue weighted by molar-refractivity contribution is 5.93. The first kappa shape index (κ1) is 16.4. The van der Waals surface area contributed by atoms with Crippen LogP contribution in [0.2, 0.25) is 0 Å². The molecule has 1 aromatic heterocycles. The van der Waals surface area contributed by atoms with Crippen molar-refractivity contribution < 1.29 is 9.59 Å². The van der Waals surface area contributed by atoms with E-state index in [-0.39, 0.29) is 11.9 Å². The van der Waals surface area contributed by atoms with Gasteiger partial charge in [0.2, 0.25) is 5.91 Å². The van der Waals surface area contributed by atoms with Gasteiger partial charge in [-0.2, -0.15) is 5.10 Å². The van der Waals surface area contributed by atoms with Crippen molar-refractivity contribution >= 4 is 17.6 Å². The van der Waals surface area contributed by atoms with E-state index < -0.39 is 0 Å². The molecule has 0 N–H and O–H groups in total. The number of likely N-dealkylation sites (N-methyl/N-ethyl adjacent to an activating group) is 2. The topological polar surface area (TPSA) is 64.9 Å². The smallest absolute Gasteiger partial charge is 0.324 e.